The molecule has 170 valence electrons. The van der Waals surface area contributed by atoms with Gasteiger partial charge in [-0.25, -0.2) is 0 Å². The summed E-state index contributed by atoms with van der Waals surface area (Å²) in [4.78, 5) is 25.0. The van der Waals surface area contributed by atoms with E-state index in [0.717, 1.165) is 34.1 Å². The molecule has 2 heterocycles. The molecule has 0 N–H and O–H groups in total. The average molecular weight is 451 g/mol. The van der Waals surface area contributed by atoms with Gasteiger partial charge in [0.05, 0.1) is 12.6 Å². The lowest BCUT2D eigenvalue weighted by Gasteiger charge is -2.26. The van der Waals surface area contributed by atoms with Crippen LogP contribution in [0.5, 0.6) is 5.75 Å². The number of ether oxygens (including phenoxy) is 1. The first-order valence-electron chi connectivity index (χ1n) is 11.3. The van der Waals surface area contributed by atoms with E-state index in [2.05, 4.69) is 24.3 Å². The van der Waals surface area contributed by atoms with Crippen LogP contribution in [0.1, 0.15) is 12.0 Å². The molecule has 0 atom stereocenters. The Kier molecular flexibility index (Phi) is 5.54. The van der Waals surface area contributed by atoms with E-state index in [1.807, 2.05) is 55.6 Å². The van der Waals surface area contributed by atoms with Gasteiger partial charge in [0.2, 0.25) is 5.91 Å². The first kappa shape index (κ1) is 21.7. The number of hydrogen-bond donors (Lipinski definition) is 0. The molecule has 0 aliphatic carbocycles. The van der Waals surface area contributed by atoms with Crippen LogP contribution >= 0.6 is 0 Å². The highest BCUT2D eigenvalue weighted by atomic mass is 16.5. The molecule has 1 aliphatic rings. The fraction of sp³-hybridized carbons (Fsp3) is 0.172. The van der Waals surface area contributed by atoms with Crippen LogP contribution in [0.25, 0.3) is 32.4 Å². The van der Waals surface area contributed by atoms with Crippen molar-refractivity contribution in [3.8, 4) is 5.75 Å². The SMILES string of the molecule is COc1ccc2c3c(ccc2c1)N(C)C(=O)CC3.Cn1c(=O)ccc2c3ccccc3ccc21. The zero-order valence-electron chi connectivity index (χ0n) is 19.5. The molecular formula is C29H26N2O3. The molecular weight excluding hydrogens is 424 g/mol. The zero-order valence-corrected chi connectivity index (χ0v) is 19.5. The van der Waals surface area contributed by atoms with E-state index >= 15 is 0 Å². The van der Waals surface area contributed by atoms with Crippen LogP contribution in [-0.2, 0) is 18.3 Å². The summed E-state index contributed by atoms with van der Waals surface area (Å²) in [7, 11) is 5.32. The van der Waals surface area contributed by atoms with Crippen molar-refractivity contribution >= 4 is 44.0 Å². The monoisotopic (exact) mass is 450 g/mol. The molecule has 5 heteroatoms. The highest BCUT2D eigenvalue weighted by Gasteiger charge is 2.22. The molecule has 4 aromatic carbocycles. The number of carbonyl (C=O) groups excluding carboxylic acids is 1. The molecule has 0 unspecified atom stereocenters. The van der Waals surface area contributed by atoms with Crippen LogP contribution in [0.2, 0.25) is 0 Å². The van der Waals surface area contributed by atoms with Gasteiger partial charge in [-0.15, -0.1) is 0 Å². The van der Waals surface area contributed by atoms with Crippen LogP contribution in [0.3, 0.4) is 0 Å². The lowest BCUT2D eigenvalue weighted by molar-refractivity contribution is -0.118. The van der Waals surface area contributed by atoms with E-state index in [9.17, 15) is 9.59 Å². The van der Waals surface area contributed by atoms with Crippen LogP contribution in [-0.4, -0.2) is 24.6 Å². The second kappa shape index (κ2) is 8.67. The number of fused-ring (bicyclic) bond motifs is 6. The van der Waals surface area contributed by atoms with Gasteiger partial charge in [-0.05, 0) is 63.9 Å². The molecule has 0 fully saturated rings. The Balaban J connectivity index is 0.000000142. The third-order valence-electron chi connectivity index (χ3n) is 6.67. The summed E-state index contributed by atoms with van der Waals surface area (Å²) in [6, 6.07) is 25.9. The molecule has 1 aliphatic heterocycles. The largest absolute Gasteiger partial charge is 0.497 e. The number of hydrogen-bond acceptors (Lipinski definition) is 3. The maximum atomic E-state index is 11.7. The van der Waals surface area contributed by atoms with Crippen molar-refractivity contribution in [3.63, 3.8) is 0 Å². The number of nitrogens with zero attached hydrogens (tertiary/aromatic N) is 2. The summed E-state index contributed by atoms with van der Waals surface area (Å²) in [5.74, 6) is 1.05. The van der Waals surface area contributed by atoms with Crippen molar-refractivity contribution in [2.75, 3.05) is 19.1 Å². The van der Waals surface area contributed by atoms with E-state index < -0.39 is 0 Å². The van der Waals surface area contributed by atoms with E-state index in [1.54, 1.807) is 29.7 Å². The first-order chi connectivity index (χ1) is 16.5. The number of aromatic nitrogens is 1. The Morgan fingerprint density at radius 3 is 2.32 bits per heavy atom. The van der Waals surface area contributed by atoms with Gasteiger partial charge in [0.25, 0.3) is 5.56 Å². The molecule has 0 spiro atoms. The fourth-order valence-corrected chi connectivity index (χ4v) is 4.74. The predicted octanol–water partition coefficient (Wildman–Crippen LogP) is 5.45. The van der Waals surface area contributed by atoms with Crippen LogP contribution in [0.15, 0.2) is 83.7 Å². The minimum absolute atomic E-state index is 0.0304. The standard InChI is InChI=1S/C15H15NO2.C14H11NO/c1-16-14-7-3-10-9-11(18-2)4-5-12(10)13(14)6-8-15(16)17;1-15-13-8-6-10-4-2-3-5-11(10)12(13)7-9-14(15)16/h3-5,7,9H,6,8H2,1-2H3;2-9H,1H3. The quantitative estimate of drug-likeness (QED) is 0.319. The third-order valence-corrected chi connectivity index (χ3v) is 6.67. The summed E-state index contributed by atoms with van der Waals surface area (Å²) in [5, 5.41) is 5.90. The van der Waals surface area contributed by atoms with Crippen LogP contribution in [0.4, 0.5) is 5.69 Å². The number of amides is 1. The van der Waals surface area contributed by atoms with Crippen molar-refractivity contribution in [1.82, 2.24) is 4.57 Å². The lowest BCUT2D eigenvalue weighted by Crippen LogP contribution is -2.31. The van der Waals surface area contributed by atoms with E-state index in [4.69, 9.17) is 4.74 Å². The van der Waals surface area contributed by atoms with Crippen molar-refractivity contribution < 1.29 is 9.53 Å². The number of rotatable bonds is 1. The van der Waals surface area contributed by atoms with Gasteiger partial charge >= 0.3 is 0 Å². The number of benzene rings is 4. The zero-order chi connectivity index (χ0) is 23.8. The molecule has 6 rings (SSSR count). The summed E-state index contributed by atoms with van der Waals surface area (Å²) in [6.07, 6.45) is 1.41. The molecule has 5 nitrogen and oxygen atoms in total. The highest BCUT2D eigenvalue weighted by molar-refractivity contribution is 6.06. The Labute approximate surface area is 197 Å². The molecule has 5 aromatic rings. The Bertz CT molecular complexity index is 1620. The molecule has 1 amide bonds. The van der Waals surface area contributed by atoms with Gasteiger partial charge in [-0.2, -0.15) is 0 Å². The maximum absolute atomic E-state index is 11.7. The van der Waals surface area contributed by atoms with Gasteiger partial charge in [0.15, 0.2) is 0 Å². The summed E-state index contributed by atoms with van der Waals surface area (Å²) in [6.45, 7) is 0. The number of anilines is 1. The van der Waals surface area contributed by atoms with Gasteiger partial charge in [-0.1, -0.05) is 42.5 Å². The summed E-state index contributed by atoms with van der Waals surface area (Å²) >= 11 is 0. The smallest absolute Gasteiger partial charge is 0.250 e. The number of methoxy groups -OCH3 is 1. The van der Waals surface area contributed by atoms with Crippen molar-refractivity contribution in [3.05, 3.63) is 94.8 Å². The Morgan fingerprint density at radius 2 is 1.50 bits per heavy atom. The van der Waals surface area contributed by atoms with E-state index in [0.29, 0.717) is 6.42 Å². The van der Waals surface area contributed by atoms with Crippen molar-refractivity contribution in [1.29, 1.82) is 0 Å². The van der Waals surface area contributed by atoms with Crippen LogP contribution in [0, 0.1) is 0 Å². The minimum Gasteiger partial charge on any atom is -0.497 e. The fourth-order valence-electron chi connectivity index (χ4n) is 4.74. The Hall–Kier alpha value is -4.12. The second-order valence-electron chi connectivity index (χ2n) is 8.55. The summed E-state index contributed by atoms with van der Waals surface area (Å²) < 4.78 is 6.92. The molecule has 0 saturated carbocycles. The topological polar surface area (TPSA) is 51.5 Å². The number of carbonyl (C=O) groups is 1. The third kappa shape index (κ3) is 3.69. The van der Waals surface area contributed by atoms with E-state index in [1.165, 1.54) is 21.7 Å². The van der Waals surface area contributed by atoms with Gasteiger partial charge in [0, 0.05) is 37.7 Å². The molecule has 0 saturated heterocycles. The van der Waals surface area contributed by atoms with E-state index in [-0.39, 0.29) is 11.5 Å². The maximum Gasteiger partial charge on any atom is 0.250 e. The van der Waals surface area contributed by atoms with Crippen LogP contribution < -0.4 is 15.2 Å². The number of pyridine rings is 1. The molecule has 1 aromatic heterocycles. The first-order valence-corrected chi connectivity index (χ1v) is 11.3. The molecule has 0 radical (unpaired) electrons. The lowest BCUT2D eigenvalue weighted by atomic mass is 9.95. The Morgan fingerprint density at radius 1 is 0.735 bits per heavy atom. The highest BCUT2D eigenvalue weighted by Crippen LogP contribution is 2.34. The van der Waals surface area contributed by atoms with Crippen molar-refractivity contribution in [2.45, 2.75) is 12.8 Å². The minimum atomic E-state index is 0.0304. The second-order valence-corrected chi connectivity index (χ2v) is 8.55. The normalized spacial score (nSPS) is 13.0. The van der Waals surface area contributed by atoms with Gasteiger partial charge < -0.3 is 14.2 Å². The average Bonchev–Trinajstić information content (AvgIpc) is 2.88. The molecule has 34 heavy (non-hydrogen) atoms. The van der Waals surface area contributed by atoms with Gasteiger partial charge in [-0.3, -0.25) is 9.59 Å². The molecule has 0 bridgehead atoms. The predicted molar refractivity (Wildman–Crippen MR) is 139 cm³/mol. The number of aryl methyl sites for hydroxylation is 2. The van der Waals surface area contributed by atoms with Crippen molar-refractivity contribution in [2.24, 2.45) is 7.05 Å². The summed E-state index contributed by atoms with van der Waals surface area (Å²) in [5.41, 5.74) is 3.30. The van der Waals surface area contributed by atoms with Gasteiger partial charge in [0.1, 0.15) is 5.75 Å².